The smallest absolute Gasteiger partial charge is 0.124 e. The van der Waals surface area contributed by atoms with E-state index in [9.17, 15) is 0 Å². The van der Waals surface area contributed by atoms with Crippen LogP contribution in [-0.2, 0) is 6.54 Å². The van der Waals surface area contributed by atoms with Gasteiger partial charge in [-0.2, -0.15) is 11.3 Å². The van der Waals surface area contributed by atoms with Gasteiger partial charge in [-0.05, 0) is 17.9 Å². The van der Waals surface area contributed by atoms with Crippen LogP contribution in [0.25, 0.3) is 10.6 Å². The Hall–Kier alpha value is -1.01. The Morgan fingerprint density at radius 1 is 1.42 bits per heavy atom. The standard InChI is InChI=1S/C14H16N2OS2/c17-8-10-1-2-12(5-10)15-6-13-7-16-14(19-13)11-3-4-18-9-11/h1-4,7,9-10,12,15,17H,5-6,8H2/t10-,12+/m0/s1. The van der Waals surface area contributed by atoms with Gasteiger partial charge in [-0.3, -0.25) is 0 Å². The van der Waals surface area contributed by atoms with Gasteiger partial charge in [0, 0.05) is 47.1 Å². The van der Waals surface area contributed by atoms with E-state index in [2.05, 4.69) is 39.3 Å². The summed E-state index contributed by atoms with van der Waals surface area (Å²) in [7, 11) is 0. The van der Waals surface area contributed by atoms with Crippen molar-refractivity contribution in [2.45, 2.75) is 19.0 Å². The first kappa shape index (κ1) is 13.0. The van der Waals surface area contributed by atoms with E-state index in [0.29, 0.717) is 12.0 Å². The first-order valence-electron chi connectivity index (χ1n) is 6.35. The van der Waals surface area contributed by atoms with Crippen LogP contribution in [0.3, 0.4) is 0 Å². The lowest BCUT2D eigenvalue weighted by Crippen LogP contribution is -2.25. The normalized spacial score (nSPS) is 22.2. The van der Waals surface area contributed by atoms with Gasteiger partial charge in [0.1, 0.15) is 5.01 Å². The molecule has 0 radical (unpaired) electrons. The molecule has 0 aliphatic heterocycles. The van der Waals surface area contributed by atoms with E-state index in [1.165, 1.54) is 10.4 Å². The topological polar surface area (TPSA) is 45.1 Å². The third-order valence-electron chi connectivity index (χ3n) is 3.27. The van der Waals surface area contributed by atoms with Gasteiger partial charge in [0.05, 0.1) is 0 Å². The molecule has 3 nitrogen and oxygen atoms in total. The average Bonchev–Trinajstić information content (AvgIpc) is 3.16. The lowest BCUT2D eigenvalue weighted by Gasteiger charge is -2.11. The van der Waals surface area contributed by atoms with Crippen molar-refractivity contribution < 1.29 is 5.11 Å². The summed E-state index contributed by atoms with van der Waals surface area (Å²) < 4.78 is 0. The Balaban J connectivity index is 1.55. The quantitative estimate of drug-likeness (QED) is 0.833. The number of hydrogen-bond donors (Lipinski definition) is 2. The van der Waals surface area contributed by atoms with Gasteiger partial charge < -0.3 is 10.4 Å². The Morgan fingerprint density at radius 3 is 3.11 bits per heavy atom. The van der Waals surface area contributed by atoms with Gasteiger partial charge in [-0.15, -0.1) is 11.3 Å². The van der Waals surface area contributed by atoms with Crippen molar-refractivity contribution in [1.29, 1.82) is 0 Å². The zero-order valence-corrected chi connectivity index (χ0v) is 12.1. The summed E-state index contributed by atoms with van der Waals surface area (Å²) in [5, 5.41) is 17.9. The van der Waals surface area contributed by atoms with Crippen LogP contribution in [0.4, 0.5) is 0 Å². The minimum atomic E-state index is 0.248. The molecule has 100 valence electrons. The van der Waals surface area contributed by atoms with Gasteiger partial charge in [0.2, 0.25) is 0 Å². The molecule has 19 heavy (non-hydrogen) atoms. The van der Waals surface area contributed by atoms with Crippen LogP contribution >= 0.6 is 22.7 Å². The molecule has 0 unspecified atom stereocenters. The molecule has 0 saturated heterocycles. The van der Waals surface area contributed by atoms with E-state index in [1.807, 2.05) is 6.20 Å². The van der Waals surface area contributed by atoms with Crippen LogP contribution in [0.2, 0.25) is 0 Å². The van der Waals surface area contributed by atoms with E-state index < -0.39 is 0 Å². The maximum Gasteiger partial charge on any atom is 0.124 e. The highest BCUT2D eigenvalue weighted by atomic mass is 32.1. The van der Waals surface area contributed by atoms with E-state index in [4.69, 9.17) is 5.11 Å². The molecule has 0 fully saturated rings. The number of hydrogen-bond acceptors (Lipinski definition) is 5. The zero-order chi connectivity index (χ0) is 13.1. The zero-order valence-electron chi connectivity index (χ0n) is 10.5. The highest BCUT2D eigenvalue weighted by molar-refractivity contribution is 7.15. The summed E-state index contributed by atoms with van der Waals surface area (Å²) in [6, 6.07) is 2.48. The summed E-state index contributed by atoms with van der Waals surface area (Å²) in [5.41, 5.74) is 1.21. The third kappa shape index (κ3) is 3.12. The number of aliphatic hydroxyl groups is 1. The minimum Gasteiger partial charge on any atom is -0.396 e. The van der Waals surface area contributed by atoms with Gasteiger partial charge in [-0.1, -0.05) is 12.2 Å². The molecule has 0 amide bonds. The fourth-order valence-corrected chi connectivity index (χ4v) is 3.78. The molecule has 1 aliphatic carbocycles. The summed E-state index contributed by atoms with van der Waals surface area (Å²) >= 11 is 3.44. The van der Waals surface area contributed by atoms with Gasteiger partial charge in [0.15, 0.2) is 0 Å². The molecular weight excluding hydrogens is 276 g/mol. The van der Waals surface area contributed by atoms with E-state index in [-0.39, 0.29) is 6.61 Å². The fourth-order valence-electron chi connectivity index (χ4n) is 2.20. The van der Waals surface area contributed by atoms with Crippen molar-refractivity contribution in [3.63, 3.8) is 0 Å². The number of nitrogens with zero attached hydrogens (tertiary/aromatic N) is 1. The fraction of sp³-hybridized carbons (Fsp3) is 0.357. The molecular formula is C14H16N2OS2. The lowest BCUT2D eigenvalue weighted by atomic mass is 10.1. The van der Waals surface area contributed by atoms with Crippen LogP contribution in [0.5, 0.6) is 0 Å². The predicted octanol–water partition coefficient (Wildman–Crippen LogP) is 2.90. The molecule has 2 heterocycles. The Labute approximate surface area is 120 Å². The second-order valence-corrected chi connectivity index (χ2v) is 6.59. The Morgan fingerprint density at radius 2 is 2.37 bits per heavy atom. The molecule has 2 aromatic rings. The summed E-state index contributed by atoms with van der Waals surface area (Å²) in [6.07, 6.45) is 7.20. The lowest BCUT2D eigenvalue weighted by molar-refractivity contribution is 0.246. The van der Waals surface area contributed by atoms with Crippen molar-refractivity contribution in [2.75, 3.05) is 6.61 Å². The SMILES string of the molecule is OC[C@H]1C=C[C@@H](NCc2cnc(-c3ccsc3)s2)C1. The van der Waals surface area contributed by atoms with E-state index in [1.54, 1.807) is 22.7 Å². The number of aromatic nitrogens is 1. The molecule has 5 heteroatoms. The van der Waals surface area contributed by atoms with Crippen LogP contribution in [-0.4, -0.2) is 22.7 Å². The highest BCUT2D eigenvalue weighted by Gasteiger charge is 2.17. The van der Waals surface area contributed by atoms with Gasteiger partial charge >= 0.3 is 0 Å². The number of rotatable bonds is 5. The largest absolute Gasteiger partial charge is 0.396 e. The Kier molecular flexibility index (Phi) is 4.08. The highest BCUT2D eigenvalue weighted by Crippen LogP contribution is 2.27. The predicted molar refractivity (Wildman–Crippen MR) is 80.4 cm³/mol. The second kappa shape index (κ2) is 5.96. The number of aliphatic hydroxyl groups excluding tert-OH is 1. The number of thiazole rings is 1. The van der Waals surface area contributed by atoms with Crippen LogP contribution in [0, 0.1) is 5.92 Å². The molecule has 0 spiro atoms. The van der Waals surface area contributed by atoms with E-state index >= 15 is 0 Å². The molecule has 0 bridgehead atoms. The third-order valence-corrected chi connectivity index (χ3v) is 5.00. The van der Waals surface area contributed by atoms with Gasteiger partial charge in [-0.25, -0.2) is 4.98 Å². The van der Waals surface area contributed by atoms with Crippen LogP contribution in [0.15, 0.2) is 35.2 Å². The molecule has 2 N–H and O–H groups in total. The number of nitrogens with one attached hydrogen (secondary N) is 1. The minimum absolute atomic E-state index is 0.248. The molecule has 2 aromatic heterocycles. The Bertz CT molecular complexity index is 548. The first-order valence-corrected chi connectivity index (χ1v) is 8.11. The first-order chi connectivity index (χ1) is 9.35. The van der Waals surface area contributed by atoms with Crippen molar-refractivity contribution in [3.05, 3.63) is 40.1 Å². The van der Waals surface area contributed by atoms with Crippen LogP contribution in [0.1, 0.15) is 11.3 Å². The van der Waals surface area contributed by atoms with Crippen molar-refractivity contribution in [1.82, 2.24) is 10.3 Å². The molecule has 0 aromatic carbocycles. The maximum absolute atomic E-state index is 9.09. The monoisotopic (exact) mass is 292 g/mol. The van der Waals surface area contributed by atoms with E-state index in [0.717, 1.165) is 18.0 Å². The average molecular weight is 292 g/mol. The second-order valence-electron chi connectivity index (χ2n) is 4.69. The summed E-state index contributed by atoms with van der Waals surface area (Å²) in [4.78, 5) is 5.71. The molecule has 2 atom stereocenters. The van der Waals surface area contributed by atoms with Crippen molar-refractivity contribution in [2.24, 2.45) is 5.92 Å². The molecule has 0 saturated carbocycles. The molecule has 1 aliphatic rings. The number of thiophene rings is 1. The molecule has 3 rings (SSSR count). The summed E-state index contributed by atoms with van der Waals surface area (Å²) in [5.74, 6) is 0.320. The van der Waals surface area contributed by atoms with Crippen molar-refractivity contribution >= 4 is 22.7 Å². The maximum atomic E-state index is 9.09. The summed E-state index contributed by atoms with van der Waals surface area (Å²) in [6.45, 7) is 1.09. The van der Waals surface area contributed by atoms with Crippen LogP contribution < -0.4 is 5.32 Å². The van der Waals surface area contributed by atoms with Gasteiger partial charge in [0.25, 0.3) is 0 Å². The van der Waals surface area contributed by atoms with Crippen molar-refractivity contribution in [3.8, 4) is 10.6 Å².